The van der Waals surface area contributed by atoms with E-state index in [9.17, 15) is 9.59 Å². The van der Waals surface area contributed by atoms with Gasteiger partial charge in [-0.15, -0.1) is 0 Å². The van der Waals surface area contributed by atoms with E-state index in [2.05, 4.69) is 16.0 Å². The fourth-order valence-corrected chi connectivity index (χ4v) is 4.77. The molecule has 0 radical (unpaired) electrons. The van der Waals surface area contributed by atoms with Crippen LogP contribution in [0, 0.1) is 11.3 Å². The lowest BCUT2D eigenvalue weighted by atomic mass is 9.79. The highest BCUT2D eigenvalue weighted by atomic mass is 16.5. The highest BCUT2D eigenvalue weighted by Crippen LogP contribution is 2.32. The van der Waals surface area contributed by atoms with Gasteiger partial charge < -0.3 is 31.2 Å². The van der Waals surface area contributed by atoms with Gasteiger partial charge in [0.25, 0.3) is 5.91 Å². The molecule has 1 atom stereocenters. The molecule has 0 aliphatic heterocycles. The molecule has 0 spiro atoms. The standard InChI is InChI=1S/C30H40N4O4/c1-3-27(31)26(20-33-24-11-8-12-25(19-24)38-4-2)29(21-9-6-5-7-10-21)34-23-15-13-22(14-16-23)30(37)32-18-17-28(35)36/h8,11-16,19-21,29,31,33-34H,3-7,9-10,17-18H2,1-2H3,(H,32,37)(H,35,36)/b26-20+,31-27?. The number of carbonyl (C=O) groups excluding carboxylic acids is 1. The molecule has 8 nitrogen and oxygen atoms in total. The van der Waals surface area contributed by atoms with Gasteiger partial charge in [0.05, 0.1) is 19.1 Å². The summed E-state index contributed by atoms with van der Waals surface area (Å²) in [7, 11) is 0. The summed E-state index contributed by atoms with van der Waals surface area (Å²) in [4.78, 5) is 23.0. The van der Waals surface area contributed by atoms with Gasteiger partial charge in [0.1, 0.15) is 5.75 Å². The molecule has 1 saturated carbocycles. The van der Waals surface area contributed by atoms with Crippen molar-refractivity contribution in [1.82, 2.24) is 5.32 Å². The molecule has 8 heteroatoms. The van der Waals surface area contributed by atoms with Gasteiger partial charge in [0.15, 0.2) is 0 Å². The Balaban J connectivity index is 1.82. The molecule has 38 heavy (non-hydrogen) atoms. The number of benzene rings is 2. The van der Waals surface area contributed by atoms with Gasteiger partial charge in [0, 0.05) is 47.0 Å². The summed E-state index contributed by atoms with van der Waals surface area (Å²) in [5.74, 6) is -0.0606. The summed E-state index contributed by atoms with van der Waals surface area (Å²) in [5, 5.41) is 27.3. The predicted octanol–water partition coefficient (Wildman–Crippen LogP) is 6.08. The Morgan fingerprint density at radius 3 is 2.47 bits per heavy atom. The van der Waals surface area contributed by atoms with Gasteiger partial charge in [0.2, 0.25) is 0 Å². The van der Waals surface area contributed by atoms with Crippen LogP contribution in [0.25, 0.3) is 0 Å². The number of anilines is 2. The van der Waals surface area contributed by atoms with E-state index >= 15 is 0 Å². The van der Waals surface area contributed by atoms with E-state index in [0.29, 0.717) is 30.2 Å². The number of amides is 1. The maximum absolute atomic E-state index is 12.3. The Morgan fingerprint density at radius 1 is 1.08 bits per heavy atom. The molecule has 5 N–H and O–H groups in total. The Bertz CT molecular complexity index is 1110. The van der Waals surface area contributed by atoms with E-state index < -0.39 is 5.97 Å². The first kappa shape index (κ1) is 28.8. The fourth-order valence-electron chi connectivity index (χ4n) is 4.77. The highest BCUT2D eigenvalue weighted by molar-refractivity contribution is 5.99. The third kappa shape index (κ3) is 8.64. The summed E-state index contributed by atoms with van der Waals surface area (Å²) in [6.45, 7) is 4.65. The molecule has 2 aromatic rings. The van der Waals surface area contributed by atoms with Crippen LogP contribution in [-0.4, -0.2) is 41.9 Å². The average Bonchev–Trinajstić information content (AvgIpc) is 2.93. The minimum absolute atomic E-state index is 0.0550. The molecule has 1 unspecified atom stereocenters. The largest absolute Gasteiger partial charge is 0.494 e. The zero-order chi connectivity index (χ0) is 27.3. The quantitative estimate of drug-likeness (QED) is 0.192. The molecule has 1 amide bonds. The molecular weight excluding hydrogens is 480 g/mol. The van der Waals surface area contributed by atoms with E-state index in [-0.39, 0.29) is 24.9 Å². The number of carboxylic acid groups (broad SMARTS) is 1. The van der Waals surface area contributed by atoms with Crippen LogP contribution < -0.4 is 20.7 Å². The number of hydrogen-bond donors (Lipinski definition) is 5. The van der Waals surface area contributed by atoms with Crippen LogP contribution >= 0.6 is 0 Å². The van der Waals surface area contributed by atoms with Crippen molar-refractivity contribution in [3.63, 3.8) is 0 Å². The number of rotatable bonds is 14. The lowest BCUT2D eigenvalue weighted by Gasteiger charge is -2.34. The lowest BCUT2D eigenvalue weighted by Crippen LogP contribution is -2.35. The van der Waals surface area contributed by atoms with Crippen molar-refractivity contribution >= 4 is 29.0 Å². The molecule has 2 aromatic carbocycles. The van der Waals surface area contributed by atoms with Crippen molar-refractivity contribution in [1.29, 1.82) is 5.41 Å². The van der Waals surface area contributed by atoms with E-state index in [4.69, 9.17) is 15.3 Å². The molecule has 1 fully saturated rings. The molecule has 0 heterocycles. The van der Waals surface area contributed by atoms with Gasteiger partial charge in [-0.05, 0) is 68.5 Å². The molecule has 1 aliphatic rings. The lowest BCUT2D eigenvalue weighted by molar-refractivity contribution is -0.136. The first-order chi connectivity index (χ1) is 18.4. The monoisotopic (exact) mass is 520 g/mol. The normalized spacial score (nSPS) is 14.8. The van der Waals surface area contributed by atoms with Crippen molar-refractivity contribution in [2.75, 3.05) is 23.8 Å². The van der Waals surface area contributed by atoms with Crippen LogP contribution in [0.2, 0.25) is 0 Å². The first-order valence-electron chi connectivity index (χ1n) is 13.5. The third-order valence-corrected chi connectivity index (χ3v) is 6.79. The van der Waals surface area contributed by atoms with E-state index in [1.165, 1.54) is 19.3 Å². The summed E-state index contributed by atoms with van der Waals surface area (Å²) in [6, 6.07) is 15.0. The van der Waals surface area contributed by atoms with Gasteiger partial charge in [-0.1, -0.05) is 32.3 Å². The van der Waals surface area contributed by atoms with Crippen molar-refractivity contribution in [2.24, 2.45) is 5.92 Å². The van der Waals surface area contributed by atoms with Crippen LogP contribution in [0.3, 0.4) is 0 Å². The molecular formula is C30H40N4O4. The summed E-state index contributed by atoms with van der Waals surface area (Å²) < 4.78 is 5.63. The highest BCUT2D eigenvalue weighted by Gasteiger charge is 2.28. The predicted molar refractivity (Wildman–Crippen MR) is 152 cm³/mol. The second kappa shape index (κ2) is 14.8. The number of ether oxygens (including phenoxy) is 1. The van der Waals surface area contributed by atoms with Gasteiger partial charge >= 0.3 is 5.97 Å². The SMILES string of the molecule is CCOc1cccc(N/C=C(\C(=N)CC)C(Nc2ccc(C(=O)NCCC(=O)O)cc2)C2CCCCC2)c1. The number of carbonyl (C=O) groups is 2. The minimum Gasteiger partial charge on any atom is -0.494 e. The maximum atomic E-state index is 12.3. The van der Waals surface area contributed by atoms with Gasteiger partial charge in [-0.25, -0.2) is 0 Å². The number of aliphatic carboxylic acids is 1. The Hall–Kier alpha value is -3.81. The number of nitrogens with one attached hydrogen (secondary N) is 4. The fraction of sp³-hybridized carbons (Fsp3) is 0.433. The maximum Gasteiger partial charge on any atom is 0.305 e. The van der Waals surface area contributed by atoms with Crippen LogP contribution in [0.1, 0.15) is 69.2 Å². The molecule has 0 bridgehead atoms. The van der Waals surface area contributed by atoms with Crippen molar-refractivity contribution < 1.29 is 19.4 Å². The zero-order valence-corrected chi connectivity index (χ0v) is 22.4. The van der Waals surface area contributed by atoms with E-state index in [1.807, 2.05) is 56.4 Å². The van der Waals surface area contributed by atoms with Gasteiger partial charge in [-0.3, -0.25) is 9.59 Å². The topological polar surface area (TPSA) is 124 Å². The van der Waals surface area contributed by atoms with Gasteiger partial charge in [-0.2, -0.15) is 0 Å². The molecule has 0 aromatic heterocycles. The minimum atomic E-state index is -0.948. The number of carboxylic acids is 1. The third-order valence-electron chi connectivity index (χ3n) is 6.79. The Labute approximate surface area is 225 Å². The molecule has 204 valence electrons. The van der Waals surface area contributed by atoms with Crippen LogP contribution in [0.4, 0.5) is 11.4 Å². The first-order valence-corrected chi connectivity index (χ1v) is 13.5. The molecule has 1 aliphatic carbocycles. The summed E-state index contributed by atoms with van der Waals surface area (Å²) in [6.07, 6.45) is 8.23. The zero-order valence-electron chi connectivity index (χ0n) is 22.4. The van der Waals surface area contributed by atoms with Crippen LogP contribution in [-0.2, 0) is 4.79 Å². The van der Waals surface area contributed by atoms with Crippen molar-refractivity contribution in [3.05, 3.63) is 65.9 Å². The van der Waals surface area contributed by atoms with Crippen molar-refractivity contribution in [2.45, 2.75) is 64.8 Å². The molecule has 0 saturated heterocycles. The van der Waals surface area contributed by atoms with Crippen LogP contribution in [0.15, 0.2) is 60.3 Å². The van der Waals surface area contributed by atoms with E-state index in [1.54, 1.807) is 12.1 Å². The smallest absolute Gasteiger partial charge is 0.305 e. The summed E-state index contributed by atoms with van der Waals surface area (Å²) >= 11 is 0. The number of hydrogen-bond acceptors (Lipinski definition) is 6. The van der Waals surface area contributed by atoms with Crippen molar-refractivity contribution in [3.8, 4) is 5.75 Å². The Kier molecular flexibility index (Phi) is 11.2. The average molecular weight is 521 g/mol. The van der Waals surface area contributed by atoms with Crippen LogP contribution in [0.5, 0.6) is 5.75 Å². The summed E-state index contributed by atoms with van der Waals surface area (Å²) in [5.41, 5.74) is 3.75. The second-order valence-electron chi connectivity index (χ2n) is 9.53. The second-order valence-corrected chi connectivity index (χ2v) is 9.53. The Morgan fingerprint density at radius 2 is 1.82 bits per heavy atom. The van der Waals surface area contributed by atoms with E-state index in [0.717, 1.165) is 35.5 Å². The molecule has 3 rings (SSSR count).